The Morgan fingerprint density at radius 3 is 1.38 bits per heavy atom. The molecule has 32 heteroatoms. The second-order valence-corrected chi connectivity index (χ2v) is 16.8. The molecule has 0 aliphatic carbocycles. The van der Waals surface area contributed by atoms with Crippen LogP contribution >= 0.6 is 0 Å². The van der Waals surface area contributed by atoms with E-state index in [1.54, 1.807) is 13.8 Å². The number of carbonyl (C=O) groups excluding carboxylic acids is 1. The average Bonchev–Trinajstić information content (AvgIpc) is 3.07. The maximum absolute atomic E-state index is 12.7. The largest absolute Gasteiger partial charge is 0.726 e. The van der Waals surface area contributed by atoms with Crippen molar-refractivity contribution in [2.45, 2.75) is 119 Å². The summed E-state index contributed by atoms with van der Waals surface area (Å²) in [6, 6.07) is 0. The van der Waals surface area contributed by atoms with Crippen LogP contribution in [-0.4, -0.2) is 198 Å². The lowest BCUT2D eigenvalue weighted by molar-refractivity contribution is -0.389. The Kier molecular flexibility index (Phi) is 18.1. The predicted octanol–water partition coefficient (Wildman–Crippen LogP) is -5.76. The van der Waals surface area contributed by atoms with E-state index < -0.39 is 159 Å². The van der Waals surface area contributed by atoms with Crippen LogP contribution in [0.25, 0.3) is 0 Å². The number of carbonyl (C=O) groups is 1. The average molecular weight is 930 g/mol. The number of carboxylic acids is 1. The SMILES string of the molecule is CO[C@@H]1[C@@H](OC)[C@H](O[C@H]2[C@H](OS(=O)(=O)[O-])[C@@H](OS(=O)(=O)[O-])[C@@H](C)O[C@@H]2COS(=O)(=O)[O-])O[C@H](C(=O)[O-])[C@H]1O[C@H]1O[C@H](COS(=O)(=O)[O-])[C@@H](OC(C)C)[C@H](OC)[C@H]1OC. The Balaban J connectivity index is 2.09. The number of hydrogen-bond acceptors (Lipinski definition) is 28. The number of carboxylic acid groups (broad SMARTS) is 1. The smallest absolute Gasteiger partial charge is 0.218 e. The minimum atomic E-state index is -5.91. The summed E-state index contributed by atoms with van der Waals surface area (Å²) in [6.45, 7) is 1.83. The second kappa shape index (κ2) is 20.6. The minimum absolute atomic E-state index is 0.557. The van der Waals surface area contributed by atoms with Crippen molar-refractivity contribution in [3.05, 3.63) is 0 Å². The molecule has 342 valence electrons. The molecule has 3 aliphatic heterocycles. The first kappa shape index (κ1) is 50.9. The Bertz CT molecular complexity index is 1790. The van der Waals surface area contributed by atoms with Gasteiger partial charge in [-0.15, -0.1) is 0 Å². The Morgan fingerprint density at radius 2 is 0.966 bits per heavy atom. The fraction of sp³-hybridized carbons (Fsp3) is 0.962. The van der Waals surface area contributed by atoms with Crippen LogP contribution in [0.3, 0.4) is 0 Å². The third-order valence-electron chi connectivity index (χ3n) is 8.50. The summed E-state index contributed by atoms with van der Waals surface area (Å²) in [5, 5.41) is 12.7. The zero-order valence-corrected chi connectivity index (χ0v) is 34.5. The highest BCUT2D eigenvalue weighted by molar-refractivity contribution is 7.81. The van der Waals surface area contributed by atoms with E-state index in [1.165, 1.54) is 7.11 Å². The molecule has 0 unspecified atom stereocenters. The van der Waals surface area contributed by atoms with Crippen molar-refractivity contribution in [1.82, 2.24) is 0 Å². The van der Waals surface area contributed by atoms with Gasteiger partial charge in [0.05, 0.1) is 31.4 Å². The van der Waals surface area contributed by atoms with Crippen LogP contribution in [0.4, 0.5) is 0 Å². The summed E-state index contributed by atoms with van der Waals surface area (Å²) in [5.74, 6) is -2.08. The standard InChI is InChI=1S/C26H46O28S4/c1-10(2)47-15-13(9-46-56(32,33)34)49-25(22(43-6)17(15)41-4)51-19-18(42-5)23(44-7)26(52-21(19)24(27)28)50-16-12(8-45-55(29,30)31)48-11(3)14(53-57(35,36)37)20(16)54-58(38,39)40/h10-23,25-26H,8-9H2,1-7H3,(H,27,28)(H,29,30,31)(H,32,33,34)(H,35,36,37)(H,38,39,40)/p-5/t11-,12-,13-,14+,15-,16-,17+,18+,19+,20-,21+,22-,23-,25-,26-/m1/s1. The molecule has 3 heterocycles. The maximum Gasteiger partial charge on any atom is 0.218 e. The first-order valence-electron chi connectivity index (χ1n) is 16.4. The predicted molar refractivity (Wildman–Crippen MR) is 170 cm³/mol. The van der Waals surface area contributed by atoms with Gasteiger partial charge < -0.3 is 75.5 Å². The van der Waals surface area contributed by atoms with E-state index in [1.807, 2.05) is 0 Å². The molecule has 0 saturated carbocycles. The number of methoxy groups -OCH3 is 4. The number of aliphatic carboxylic acids is 1. The second-order valence-electron chi connectivity index (χ2n) is 12.6. The van der Waals surface area contributed by atoms with E-state index >= 15 is 0 Å². The van der Waals surface area contributed by atoms with Gasteiger partial charge in [-0.05, 0) is 20.8 Å². The minimum Gasteiger partial charge on any atom is -0.726 e. The fourth-order valence-electron chi connectivity index (χ4n) is 6.41. The van der Waals surface area contributed by atoms with Gasteiger partial charge in [-0.25, -0.2) is 33.7 Å². The first-order valence-corrected chi connectivity index (χ1v) is 21.7. The lowest BCUT2D eigenvalue weighted by Crippen LogP contribution is -2.69. The number of hydrogen-bond donors (Lipinski definition) is 0. The molecule has 0 amide bonds. The van der Waals surface area contributed by atoms with Crippen LogP contribution in [0, 0.1) is 0 Å². The van der Waals surface area contributed by atoms with Gasteiger partial charge in [0.2, 0.25) is 41.6 Å². The molecule has 3 saturated heterocycles. The highest BCUT2D eigenvalue weighted by Crippen LogP contribution is 2.37. The third-order valence-corrected chi connectivity index (χ3v) is 10.3. The molecule has 0 aromatic heterocycles. The van der Waals surface area contributed by atoms with Crippen LogP contribution in [0.5, 0.6) is 0 Å². The summed E-state index contributed by atoms with van der Waals surface area (Å²) < 4.78 is 212. The monoisotopic (exact) mass is 929 g/mol. The van der Waals surface area contributed by atoms with Crippen molar-refractivity contribution in [2.75, 3.05) is 41.7 Å². The molecule has 3 fully saturated rings. The van der Waals surface area contributed by atoms with Gasteiger partial charge in [-0.1, -0.05) is 0 Å². The number of rotatable bonds is 21. The Labute approximate surface area is 333 Å². The van der Waals surface area contributed by atoms with E-state index in [-0.39, 0.29) is 0 Å². The summed E-state index contributed by atoms with van der Waals surface area (Å²) in [5.41, 5.74) is 0. The van der Waals surface area contributed by atoms with Crippen molar-refractivity contribution < 1.29 is 126 Å². The van der Waals surface area contributed by atoms with Gasteiger partial charge in [-0.2, -0.15) is 0 Å². The molecule has 58 heavy (non-hydrogen) atoms. The van der Waals surface area contributed by atoms with Gasteiger partial charge in [0.15, 0.2) is 12.6 Å². The van der Waals surface area contributed by atoms with Crippen LogP contribution in [-0.2, 0) is 110 Å². The van der Waals surface area contributed by atoms with E-state index in [0.29, 0.717) is 0 Å². The Hall–Kier alpha value is -1.45. The molecule has 0 bridgehead atoms. The van der Waals surface area contributed by atoms with E-state index in [0.717, 1.165) is 28.3 Å². The highest BCUT2D eigenvalue weighted by Gasteiger charge is 2.57. The van der Waals surface area contributed by atoms with Crippen molar-refractivity contribution >= 4 is 47.6 Å². The summed E-state index contributed by atoms with van der Waals surface area (Å²) in [7, 11) is -18.2. The van der Waals surface area contributed by atoms with E-state index in [4.69, 9.17) is 47.4 Å². The third kappa shape index (κ3) is 14.3. The lowest BCUT2D eigenvalue weighted by atomic mass is 9.94. The van der Waals surface area contributed by atoms with Crippen LogP contribution < -0.4 is 5.11 Å². The zero-order chi connectivity index (χ0) is 44.1. The van der Waals surface area contributed by atoms with Crippen molar-refractivity contribution in [3.63, 3.8) is 0 Å². The van der Waals surface area contributed by atoms with Crippen molar-refractivity contribution in [1.29, 1.82) is 0 Å². The summed E-state index contributed by atoms with van der Waals surface area (Å²) >= 11 is 0. The van der Waals surface area contributed by atoms with Gasteiger partial charge in [0.25, 0.3) is 0 Å². The first-order chi connectivity index (χ1) is 26.6. The normalized spacial score (nSPS) is 36.9. The van der Waals surface area contributed by atoms with Gasteiger partial charge in [-0.3, -0.25) is 16.7 Å². The molecule has 0 aromatic rings. The molecule has 28 nitrogen and oxygen atoms in total. The molecule has 3 aliphatic rings. The maximum atomic E-state index is 12.7. The van der Waals surface area contributed by atoms with Crippen LogP contribution in [0.2, 0.25) is 0 Å². The van der Waals surface area contributed by atoms with Crippen molar-refractivity contribution in [3.8, 4) is 0 Å². The highest BCUT2D eigenvalue weighted by atomic mass is 32.3. The molecule has 0 radical (unpaired) electrons. The molecular weight excluding hydrogens is 889 g/mol. The van der Waals surface area contributed by atoms with E-state index in [2.05, 4.69) is 16.7 Å². The Morgan fingerprint density at radius 1 is 0.552 bits per heavy atom. The van der Waals surface area contributed by atoms with Crippen molar-refractivity contribution in [2.24, 2.45) is 0 Å². The van der Waals surface area contributed by atoms with Gasteiger partial charge in [0, 0.05) is 28.4 Å². The van der Waals surface area contributed by atoms with Gasteiger partial charge in [0.1, 0.15) is 73.2 Å². The number of ether oxygens (including phenoxy) is 10. The molecular formula is C26H41O28S4-5. The fourth-order valence-corrected chi connectivity index (χ4v) is 8.04. The van der Waals surface area contributed by atoms with Crippen LogP contribution in [0.1, 0.15) is 20.8 Å². The van der Waals surface area contributed by atoms with Gasteiger partial charge >= 0.3 is 0 Å². The van der Waals surface area contributed by atoms with E-state index in [9.17, 15) is 61.8 Å². The topological polar surface area (TPSA) is 398 Å². The molecule has 0 aromatic carbocycles. The summed E-state index contributed by atoms with van der Waals surface area (Å²) in [6.07, 6.45) is -28.6. The van der Waals surface area contributed by atoms with Crippen LogP contribution in [0.15, 0.2) is 0 Å². The summed E-state index contributed by atoms with van der Waals surface area (Å²) in [4.78, 5) is 12.7. The zero-order valence-electron chi connectivity index (χ0n) is 31.2. The lowest BCUT2D eigenvalue weighted by Gasteiger charge is -2.51. The quantitative estimate of drug-likeness (QED) is 0.0764. The molecule has 3 rings (SSSR count). The molecule has 0 N–H and O–H groups in total. The molecule has 0 spiro atoms. The molecule has 15 atom stereocenters.